The minimum atomic E-state index is 0.827. The van der Waals surface area contributed by atoms with E-state index in [0.29, 0.717) is 0 Å². The van der Waals surface area contributed by atoms with E-state index in [4.69, 9.17) is 9.40 Å². The van der Waals surface area contributed by atoms with Gasteiger partial charge in [0, 0.05) is 28.0 Å². The molecular weight excluding hydrogens is 430 g/mol. The summed E-state index contributed by atoms with van der Waals surface area (Å²) in [6, 6.07) is 37.3. The minimum absolute atomic E-state index is 0.827. The lowest BCUT2D eigenvalue weighted by molar-refractivity contribution is 0.672. The molecule has 0 saturated heterocycles. The molecular formula is C31H17N3O. The molecule has 1 aliphatic rings. The number of benzene rings is 4. The monoisotopic (exact) mass is 447 g/mol. The number of hydrogen-bond donors (Lipinski definition) is 0. The summed E-state index contributed by atoms with van der Waals surface area (Å²) in [5.74, 6) is 0.847. The topological polar surface area (TPSA) is 34.2 Å². The van der Waals surface area contributed by atoms with Crippen LogP contribution in [0.1, 0.15) is 5.56 Å². The number of aromatic nitrogens is 2. The highest BCUT2D eigenvalue weighted by Crippen LogP contribution is 2.44. The summed E-state index contributed by atoms with van der Waals surface area (Å²) < 4.78 is 8.53. The molecule has 0 radical (unpaired) electrons. The first-order valence-corrected chi connectivity index (χ1v) is 11.6. The van der Waals surface area contributed by atoms with E-state index in [1.54, 1.807) is 0 Å². The Kier molecular flexibility index (Phi) is 3.55. The van der Waals surface area contributed by atoms with Gasteiger partial charge in [-0.1, -0.05) is 54.6 Å². The number of furan rings is 1. The van der Waals surface area contributed by atoms with Crippen LogP contribution in [0.4, 0.5) is 11.6 Å². The van der Waals surface area contributed by atoms with Crippen LogP contribution in [0.5, 0.6) is 0 Å². The Labute approximate surface area is 200 Å². The molecule has 5 aromatic carbocycles. The van der Waals surface area contributed by atoms with Crippen molar-refractivity contribution < 1.29 is 4.42 Å². The van der Waals surface area contributed by atoms with Crippen LogP contribution < -0.4 is 4.90 Å². The van der Waals surface area contributed by atoms with Gasteiger partial charge < -0.3 is 4.42 Å². The van der Waals surface area contributed by atoms with Gasteiger partial charge in [-0.05, 0) is 60.2 Å². The molecule has 1 aliphatic heterocycles. The van der Waals surface area contributed by atoms with Crippen molar-refractivity contribution in [3.63, 3.8) is 0 Å². The molecule has 0 amide bonds. The largest absolute Gasteiger partial charge is 0.455 e. The molecule has 3 heterocycles. The first-order chi connectivity index (χ1) is 17.4. The second kappa shape index (κ2) is 6.75. The van der Waals surface area contributed by atoms with Gasteiger partial charge in [0.2, 0.25) is 5.95 Å². The molecule has 35 heavy (non-hydrogen) atoms. The molecule has 2 aromatic heterocycles. The van der Waals surface area contributed by atoms with Gasteiger partial charge in [0.05, 0.1) is 22.1 Å². The molecule has 0 aliphatic carbocycles. The number of fused-ring (bicyclic) bond motifs is 5. The molecule has 4 heteroatoms. The second-order valence-corrected chi connectivity index (χ2v) is 8.74. The van der Waals surface area contributed by atoms with Crippen LogP contribution in [0.2, 0.25) is 0 Å². The van der Waals surface area contributed by atoms with Crippen LogP contribution in [0.15, 0.2) is 102 Å². The Hall–Kier alpha value is -5.01. The van der Waals surface area contributed by atoms with Crippen molar-refractivity contribution in [2.45, 2.75) is 0 Å². The summed E-state index contributed by atoms with van der Waals surface area (Å²) in [6.45, 7) is 0. The molecule has 0 spiro atoms. The van der Waals surface area contributed by atoms with Crippen molar-refractivity contribution in [2.24, 2.45) is 0 Å². The Morgan fingerprint density at radius 3 is 2.66 bits per heavy atom. The fourth-order valence-electron chi connectivity index (χ4n) is 5.29. The molecule has 8 rings (SSSR count). The van der Waals surface area contributed by atoms with E-state index in [1.807, 2.05) is 24.3 Å². The standard InChI is InChI=1S/C31H17N3O/c1-2-9-21(10-3-1)34-26-14-6-5-13-25(26)32-31(34)33-18-17-20-19-24-22-11-4-7-16-28(22)35-30(24)23-12-8-15-27(33)29(20)23/h1-3,5-10,12-19H. The van der Waals surface area contributed by atoms with Crippen LogP contribution in [-0.2, 0) is 0 Å². The highest BCUT2D eigenvalue weighted by atomic mass is 16.3. The maximum absolute atomic E-state index is 6.31. The minimum Gasteiger partial charge on any atom is -0.455 e. The van der Waals surface area contributed by atoms with E-state index in [1.165, 1.54) is 0 Å². The average molecular weight is 447 g/mol. The zero-order valence-corrected chi connectivity index (χ0v) is 18.6. The summed E-state index contributed by atoms with van der Waals surface area (Å²) in [4.78, 5) is 7.25. The highest BCUT2D eigenvalue weighted by molar-refractivity contribution is 6.20. The molecule has 0 unspecified atom stereocenters. The van der Waals surface area contributed by atoms with Gasteiger partial charge in [-0.25, -0.2) is 4.98 Å². The number of imidazole rings is 1. The summed E-state index contributed by atoms with van der Waals surface area (Å²) in [7, 11) is 0. The van der Waals surface area contributed by atoms with Gasteiger partial charge in [0.1, 0.15) is 11.2 Å². The smallest absolute Gasteiger partial charge is 0.220 e. The lowest BCUT2D eigenvalue weighted by Gasteiger charge is -2.26. The molecule has 4 nitrogen and oxygen atoms in total. The predicted octanol–water partition coefficient (Wildman–Crippen LogP) is 7.80. The van der Waals surface area contributed by atoms with E-state index in [-0.39, 0.29) is 0 Å². The van der Waals surface area contributed by atoms with E-state index in [9.17, 15) is 0 Å². The normalized spacial score (nSPS) is 12.7. The van der Waals surface area contributed by atoms with Gasteiger partial charge in [-0.15, -0.1) is 0 Å². The Morgan fingerprint density at radius 2 is 1.71 bits per heavy atom. The SMILES string of the molecule is c1ccc2oc3c4cccc5c4c(cc3c2c#1)C=CN5c1nc2ccccc2n1-c1ccccc1. The number of anilines is 2. The third-order valence-corrected chi connectivity index (χ3v) is 6.80. The van der Waals surface area contributed by atoms with Crippen LogP contribution in [0, 0.1) is 12.1 Å². The van der Waals surface area contributed by atoms with Crippen molar-refractivity contribution in [1.29, 1.82) is 0 Å². The molecule has 0 saturated carbocycles. The van der Waals surface area contributed by atoms with E-state index in [0.717, 1.165) is 66.6 Å². The summed E-state index contributed by atoms with van der Waals surface area (Å²) in [5.41, 5.74) is 7.03. The quantitative estimate of drug-likeness (QED) is 0.271. The van der Waals surface area contributed by atoms with Crippen LogP contribution in [-0.4, -0.2) is 9.55 Å². The maximum atomic E-state index is 6.31. The average Bonchev–Trinajstić information content (AvgIpc) is 3.48. The first kappa shape index (κ1) is 18.4. The van der Waals surface area contributed by atoms with Gasteiger partial charge in [0.25, 0.3) is 0 Å². The zero-order valence-electron chi connectivity index (χ0n) is 18.6. The fourth-order valence-corrected chi connectivity index (χ4v) is 5.29. The van der Waals surface area contributed by atoms with Crippen molar-refractivity contribution in [1.82, 2.24) is 9.55 Å². The third-order valence-electron chi connectivity index (χ3n) is 6.80. The molecule has 0 atom stereocenters. The summed E-state index contributed by atoms with van der Waals surface area (Å²) in [6.07, 6.45) is 4.27. The van der Waals surface area contributed by atoms with E-state index < -0.39 is 0 Å². The number of nitrogens with zero attached hydrogens (tertiary/aromatic N) is 3. The predicted molar refractivity (Wildman–Crippen MR) is 141 cm³/mol. The van der Waals surface area contributed by atoms with Gasteiger partial charge >= 0.3 is 0 Å². The lowest BCUT2D eigenvalue weighted by Crippen LogP contribution is -2.16. The zero-order chi connectivity index (χ0) is 22.9. The van der Waals surface area contributed by atoms with Crippen molar-refractivity contribution >= 4 is 61.5 Å². The van der Waals surface area contributed by atoms with Gasteiger partial charge in [-0.2, -0.15) is 0 Å². The van der Waals surface area contributed by atoms with E-state index >= 15 is 0 Å². The summed E-state index contributed by atoms with van der Waals surface area (Å²) in [5, 5.41) is 4.26. The molecule has 0 fully saturated rings. The Morgan fingerprint density at radius 1 is 0.829 bits per heavy atom. The summed E-state index contributed by atoms with van der Waals surface area (Å²) >= 11 is 0. The van der Waals surface area contributed by atoms with Crippen LogP contribution >= 0.6 is 0 Å². The third kappa shape index (κ3) is 2.50. The second-order valence-electron chi connectivity index (χ2n) is 8.74. The van der Waals surface area contributed by atoms with Crippen molar-refractivity contribution in [3.8, 4) is 5.69 Å². The highest BCUT2D eigenvalue weighted by Gasteiger charge is 2.24. The number of hydrogen-bond acceptors (Lipinski definition) is 3. The molecule has 162 valence electrons. The molecule has 0 N–H and O–H groups in total. The van der Waals surface area contributed by atoms with Crippen LogP contribution in [0.3, 0.4) is 0 Å². The maximum Gasteiger partial charge on any atom is 0.220 e. The fraction of sp³-hybridized carbons (Fsp3) is 0. The van der Waals surface area contributed by atoms with Crippen molar-refractivity contribution in [3.05, 3.63) is 115 Å². The first-order valence-electron chi connectivity index (χ1n) is 11.6. The number of para-hydroxylation sites is 3. The van der Waals surface area contributed by atoms with Crippen LogP contribution in [0.25, 0.3) is 55.5 Å². The molecule has 0 bridgehead atoms. The number of rotatable bonds is 2. The van der Waals surface area contributed by atoms with Crippen molar-refractivity contribution in [2.75, 3.05) is 4.90 Å². The Bertz CT molecular complexity index is 1960. The molecule has 7 aromatic rings. The van der Waals surface area contributed by atoms with Gasteiger partial charge in [0.15, 0.2) is 0 Å². The van der Waals surface area contributed by atoms with Gasteiger partial charge in [-0.3, -0.25) is 9.47 Å². The lowest BCUT2D eigenvalue weighted by atomic mass is 9.97. The van der Waals surface area contributed by atoms with E-state index in [2.05, 4.69) is 101 Å². The Balaban J connectivity index is 1.44.